The lowest BCUT2D eigenvalue weighted by atomic mass is 9.92. The minimum Gasteiger partial charge on any atom is -0.494 e. The normalized spacial score (nSPS) is 22.1. The summed E-state index contributed by atoms with van der Waals surface area (Å²) in [5.74, 6) is 0.976. The minimum atomic E-state index is 0.519. The summed E-state index contributed by atoms with van der Waals surface area (Å²) in [6, 6.07) is 9.06. The summed E-state index contributed by atoms with van der Waals surface area (Å²) >= 11 is 0. The van der Waals surface area contributed by atoms with Crippen LogP contribution >= 0.6 is 0 Å². The monoisotopic (exact) mass is 247 g/mol. The fourth-order valence-electron chi connectivity index (χ4n) is 2.78. The second kappa shape index (κ2) is 5.75. The molecule has 0 aliphatic heterocycles. The summed E-state index contributed by atoms with van der Waals surface area (Å²) in [5, 5.41) is 3.67. The fraction of sp³-hybridized carbons (Fsp3) is 0.625. The van der Waals surface area contributed by atoms with Crippen LogP contribution in [0.1, 0.15) is 45.6 Å². The largest absolute Gasteiger partial charge is 0.494 e. The molecule has 1 aliphatic rings. The van der Waals surface area contributed by atoms with Crippen LogP contribution in [0.5, 0.6) is 5.75 Å². The van der Waals surface area contributed by atoms with Crippen molar-refractivity contribution < 1.29 is 4.74 Å². The molecule has 0 spiro atoms. The summed E-state index contributed by atoms with van der Waals surface area (Å²) in [6.45, 7) is 8.43. The van der Waals surface area contributed by atoms with Gasteiger partial charge in [-0.3, -0.25) is 0 Å². The number of rotatable bonds is 5. The molecular weight excluding hydrogens is 222 g/mol. The Kier molecular flexibility index (Phi) is 4.28. The van der Waals surface area contributed by atoms with Crippen LogP contribution in [0.2, 0.25) is 0 Å². The van der Waals surface area contributed by atoms with Gasteiger partial charge in [0.25, 0.3) is 0 Å². The summed E-state index contributed by atoms with van der Waals surface area (Å²) in [7, 11) is 0. The van der Waals surface area contributed by atoms with E-state index in [1.165, 1.54) is 24.8 Å². The number of hydrogen-bond acceptors (Lipinski definition) is 2. The Morgan fingerprint density at radius 2 is 2.22 bits per heavy atom. The van der Waals surface area contributed by atoms with Crippen molar-refractivity contribution in [1.82, 2.24) is 5.32 Å². The highest BCUT2D eigenvalue weighted by molar-refractivity contribution is 5.28. The topological polar surface area (TPSA) is 21.3 Å². The Labute approximate surface area is 111 Å². The zero-order chi connectivity index (χ0) is 13.0. The van der Waals surface area contributed by atoms with Crippen LogP contribution in [0, 0.1) is 5.41 Å². The quantitative estimate of drug-likeness (QED) is 0.855. The minimum absolute atomic E-state index is 0.519. The van der Waals surface area contributed by atoms with Crippen molar-refractivity contribution in [2.24, 2.45) is 5.41 Å². The summed E-state index contributed by atoms with van der Waals surface area (Å²) < 4.78 is 5.52. The lowest BCUT2D eigenvalue weighted by molar-refractivity contribution is 0.339. The van der Waals surface area contributed by atoms with E-state index >= 15 is 0 Å². The second-order valence-corrected chi connectivity index (χ2v) is 6.07. The molecule has 0 heterocycles. The van der Waals surface area contributed by atoms with Crippen molar-refractivity contribution in [3.8, 4) is 5.75 Å². The maximum absolute atomic E-state index is 5.52. The molecule has 1 aromatic rings. The van der Waals surface area contributed by atoms with Gasteiger partial charge in [-0.05, 0) is 49.3 Å². The van der Waals surface area contributed by atoms with E-state index in [4.69, 9.17) is 4.74 Å². The predicted octanol–water partition coefficient (Wildman–Crippen LogP) is 3.75. The van der Waals surface area contributed by atoms with Crippen molar-refractivity contribution in [3.05, 3.63) is 29.8 Å². The molecular formula is C16H25NO. The Hall–Kier alpha value is -1.02. The van der Waals surface area contributed by atoms with E-state index in [1.54, 1.807) is 0 Å². The third kappa shape index (κ3) is 3.74. The number of ether oxygens (including phenoxy) is 1. The van der Waals surface area contributed by atoms with Crippen LogP contribution in [-0.4, -0.2) is 12.6 Å². The van der Waals surface area contributed by atoms with Gasteiger partial charge < -0.3 is 10.1 Å². The first-order valence-corrected chi connectivity index (χ1v) is 7.04. The van der Waals surface area contributed by atoms with Crippen molar-refractivity contribution in [2.75, 3.05) is 6.61 Å². The fourth-order valence-corrected chi connectivity index (χ4v) is 2.78. The van der Waals surface area contributed by atoms with Gasteiger partial charge in [0.2, 0.25) is 0 Å². The summed E-state index contributed by atoms with van der Waals surface area (Å²) in [6.07, 6.45) is 3.93. The van der Waals surface area contributed by atoms with E-state index in [0.717, 1.165) is 18.9 Å². The van der Waals surface area contributed by atoms with E-state index in [-0.39, 0.29) is 0 Å². The van der Waals surface area contributed by atoms with E-state index in [2.05, 4.69) is 37.4 Å². The lowest BCUT2D eigenvalue weighted by Crippen LogP contribution is -2.26. The van der Waals surface area contributed by atoms with Gasteiger partial charge in [-0.15, -0.1) is 0 Å². The molecule has 0 amide bonds. The SMILES string of the molecule is CCOc1cccc(CNC2CCC(C)(C)C2)c1. The molecule has 1 N–H and O–H groups in total. The van der Waals surface area contributed by atoms with Crippen molar-refractivity contribution in [1.29, 1.82) is 0 Å². The smallest absolute Gasteiger partial charge is 0.119 e. The van der Waals surface area contributed by atoms with Crippen LogP contribution in [0.25, 0.3) is 0 Å². The molecule has 1 aromatic carbocycles. The Morgan fingerprint density at radius 3 is 2.89 bits per heavy atom. The van der Waals surface area contributed by atoms with E-state index in [1.807, 2.05) is 13.0 Å². The van der Waals surface area contributed by atoms with Gasteiger partial charge >= 0.3 is 0 Å². The molecule has 0 bridgehead atoms. The second-order valence-electron chi connectivity index (χ2n) is 6.07. The van der Waals surface area contributed by atoms with E-state index < -0.39 is 0 Å². The van der Waals surface area contributed by atoms with Crippen molar-refractivity contribution in [2.45, 2.75) is 52.6 Å². The standard InChI is InChI=1S/C16H25NO/c1-4-18-15-7-5-6-13(10-15)12-17-14-8-9-16(2,3)11-14/h5-7,10,14,17H,4,8-9,11-12H2,1-3H3. The highest BCUT2D eigenvalue weighted by Gasteiger charge is 2.30. The molecule has 0 aromatic heterocycles. The van der Waals surface area contributed by atoms with Crippen LogP contribution in [-0.2, 0) is 6.54 Å². The van der Waals surface area contributed by atoms with Gasteiger partial charge in [0, 0.05) is 12.6 Å². The maximum Gasteiger partial charge on any atom is 0.119 e. The van der Waals surface area contributed by atoms with Gasteiger partial charge in [0.1, 0.15) is 5.75 Å². The number of nitrogens with one attached hydrogen (secondary N) is 1. The number of hydrogen-bond donors (Lipinski definition) is 1. The Balaban J connectivity index is 1.85. The molecule has 0 saturated heterocycles. The Morgan fingerprint density at radius 1 is 1.39 bits per heavy atom. The zero-order valence-electron chi connectivity index (χ0n) is 11.8. The highest BCUT2D eigenvalue weighted by atomic mass is 16.5. The molecule has 0 radical (unpaired) electrons. The Bertz CT molecular complexity index is 386. The van der Waals surface area contributed by atoms with Gasteiger partial charge in [0.05, 0.1) is 6.61 Å². The van der Waals surface area contributed by atoms with Crippen LogP contribution in [0.4, 0.5) is 0 Å². The molecule has 100 valence electrons. The van der Waals surface area contributed by atoms with Gasteiger partial charge in [-0.2, -0.15) is 0 Å². The molecule has 1 unspecified atom stereocenters. The highest BCUT2D eigenvalue weighted by Crippen LogP contribution is 2.36. The van der Waals surface area contributed by atoms with Gasteiger partial charge in [-0.25, -0.2) is 0 Å². The van der Waals surface area contributed by atoms with Crippen LogP contribution < -0.4 is 10.1 Å². The lowest BCUT2D eigenvalue weighted by Gasteiger charge is -2.18. The third-order valence-corrected chi connectivity index (χ3v) is 3.77. The molecule has 2 heteroatoms. The summed E-state index contributed by atoms with van der Waals surface area (Å²) in [5.41, 5.74) is 1.83. The molecule has 1 fully saturated rings. The molecule has 18 heavy (non-hydrogen) atoms. The first kappa shape index (κ1) is 13.4. The van der Waals surface area contributed by atoms with Crippen LogP contribution in [0.15, 0.2) is 24.3 Å². The van der Waals surface area contributed by atoms with E-state index in [0.29, 0.717) is 11.5 Å². The van der Waals surface area contributed by atoms with Gasteiger partial charge in [-0.1, -0.05) is 26.0 Å². The maximum atomic E-state index is 5.52. The molecule has 1 saturated carbocycles. The van der Waals surface area contributed by atoms with Gasteiger partial charge in [0.15, 0.2) is 0 Å². The third-order valence-electron chi connectivity index (χ3n) is 3.77. The zero-order valence-corrected chi connectivity index (χ0v) is 11.8. The first-order valence-electron chi connectivity index (χ1n) is 7.04. The molecule has 1 aliphatic carbocycles. The van der Waals surface area contributed by atoms with Crippen molar-refractivity contribution >= 4 is 0 Å². The molecule has 2 nitrogen and oxygen atoms in total. The average molecular weight is 247 g/mol. The van der Waals surface area contributed by atoms with E-state index in [9.17, 15) is 0 Å². The van der Waals surface area contributed by atoms with Crippen LogP contribution in [0.3, 0.4) is 0 Å². The molecule has 1 atom stereocenters. The first-order chi connectivity index (χ1) is 8.59. The summed E-state index contributed by atoms with van der Waals surface area (Å²) in [4.78, 5) is 0. The predicted molar refractivity (Wildman–Crippen MR) is 75.9 cm³/mol. The number of benzene rings is 1. The average Bonchev–Trinajstić information content (AvgIpc) is 2.68. The molecule has 2 rings (SSSR count). The van der Waals surface area contributed by atoms with Crippen molar-refractivity contribution in [3.63, 3.8) is 0 Å².